The van der Waals surface area contributed by atoms with Gasteiger partial charge in [-0.1, -0.05) is 19.3 Å². The normalized spacial score (nSPS) is 19.6. The number of aromatic nitrogens is 2. The lowest BCUT2D eigenvalue weighted by molar-refractivity contribution is 0.0935. The Bertz CT molecular complexity index is 735. The van der Waals surface area contributed by atoms with E-state index >= 15 is 0 Å². The minimum absolute atomic E-state index is 0.00242. The first kappa shape index (κ1) is 22.3. The first-order valence-corrected chi connectivity index (χ1v) is 10.9. The van der Waals surface area contributed by atoms with Gasteiger partial charge in [0.05, 0.1) is 17.9 Å². The van der Waals surface area contributed by atoms with Crippen molar-refractivity contribution >= 4 is 17.9 Å². The Kier molecular flexibility index (Phi) is 7.84. The summed E-state index contributed by atoms with van der Waals surface area (Å²) in [6.07, 6.45) is 8.12. The van der Waals surface area contributed by atoms with E-state index in [0.29, 0.717) is 43.4 Å². The number of rotatable bonds is 7. The minimum atomic E-state index is -0.211. The van der Waals surface area contributed by atoms with Crippen LogP contribution in [-0.4, -0.2) is 80.3 Å². The van der Waals surface area contributed by atoms with E-state index in [-0.39, 0.29) is 23.9 Å². The second-order valence-corrected chi connectivity index (χ2v) is 8.33. The number of hydrogen-bond donors (Lipinski definition) is 2. The number of ether oxygens (including phenoxy) is 1. The van der Waals surface area contributed by atoms with Gasteiger partial charge in [-0.25, -0.2) is 14.8 Å². The fourth-order valence-electron chi connectivity index (χ4n) is 4.13. The number of carbonyl (C=O) groups excluding carboxylic acids is 2. The lowest BCUT2D eigenvalue weighted by atomic mass is 9.96. The van der Waals surface area contributed by atoms with Crippen molar-refractivity contribution in [3.63, 3.8) is 0 Å². The van der Waals surface area contributed by atoms with Crippen LogP contribution in [0.15, 0.2) is 6.20 Å². The van der Waals surface area contributed by atoms with E-state index < -0.39 is 0 Å². The first-order chi connectivity index (χ1) is 14.5. The fraction of sp³-hybridized carbons (Fsp3) is 0.714. The molecule has 166 valence electrons. The van der Waals surface area contributed by atoms with Crippen LogP contribution >= 0.6 is 0 Å². The number of urea groups is 1. The molecule has 1 atom stereocenters. The van der Waals surface area contributed by atoms with Gasteiger partial charge in [0, 0.05) is 59.0 Å². The summed E-state index contributed by atoms with van der Waals surface area (Å²) >= 11 is 0. The molecule has 3 rings (SSSR count). The Hall–Kier alpha value is -2.42. The van der Waals surface area contributed by atoms with Crippen molar-refractivity contribution < 1.29 is 14.3 Å². The predicted molar refractivity (Wildman–Crippen MR) is 115 cm³/mol. The number of methoxy groups -OCH3 is 1. The average Bonchev–Trinajstić information content (AvgIpc) is 3.24. The van der Waals surface area contributed by atoms with Crippen molar-refractivity contribution in [1.29, 1.82) is 0 Å². The molecule has 0 bridgehead atoms. The number of anilines is 1. The van der Waals surface area contributed by atoms with Gasteiger partial charge in [-0.15, -0.1) is 0 Å². The van der Waals surface area contributed by atoms with Crippen LogP contribution in [0.5, 0.6) is 0 Å². The molecule has 0 spiro atoms. The van der Waals surface area contributed by atoms with Crippen molar-refractivity contribution in [3.05, 3.63) is 17.5 Å². The maximum absolute atomic E-state index is 12.7. The number of likely N-dealkylation sites (tertiary alicyclic amines) is 1. The zero-order valence-corrected chi connectivity index (χ0v) is 18.3. The van der Waals surface area contributed by atoms with Gasteiger partial charge >= 0.3 is 6.03 Å². The molecule has 9 heteroatoms. The molecule has 1 aliphatic carbocycles. The smallest absolute Gasteiger partial charge is 0.317 e. The Morgan fingerprint density at radius 3 is 2.70 bits per heavy atom. The zero-order valence-electron chi connectivity index (χ0n) is 18.3. The topological polar surface area (TPSA) is 99.7 Å². The summed E-state index contributed by atoms with van der Waals surface area (Å²) in [5.74, 6) is 0.355. The highest BCUT2D eigenvalue weighted by atomic mass is 16.5. The van der Waals surface area contributed by atoms with Crippen LogP contribution in [0.1, 0.15) is 60.5 Å². The Morgan fingerprint density at radius 1 is 1.23 bits per heavy atom. The van der Waals surface area contributed by atoms with Gasteiger partial charge in [0.25, 0.3) is 5.91 Å². The molecule has 1 saturated carbocycles. The second kappa shape index (κ2) is 10.6. The van der Waals surface area contributed by atoms with E-state index in [1.165, 1.54) is 19.3 Å². The highest BCUT2D eigenvalue weighted by Crippen LogP contribution is 2.29. The Balaban J connectivity index is 1.70. The molecule has 30 heavy (non-hydrogen) atoms. The van der Waals surface area contributed by atoms with Crippen molar-refractivity contribution in [3.8, 4) is 0 Å². The van der Waals surface area contributed by atoms with Gasteiger partial charge in [-0.3, -0.25) is 4.79 Å². The van der Waals surface area contributed by atoms with Crippen LogP contribution in [0.4, 0.5) is 10.7 Å². The molecule has 1 aromatic heterocycles. The van der Waals surface area contributed by atoms with E-state index in [0.717, 1.165) is 19.3 Å². The quantitative estimate of drug-likeness (QED) is 0.655. The molecule has 2 aliphatic rings. The van der Waals surface area contributed by atoms with Gasteiger partial charge in [0.1, 0.15) is 0 Å². The molecule has 1 unspecified atom stereocenters. The van der Waals surface area contributed by atoms with Crippen molar-refractivity contribution in [2.45, 2.75) is 50.5 Å². The molecule has 0 radical (unpaired) electrons. The molecule has 2 N–H and O–H groups in total. The van der Waals surface area contributed by atoms with Crippen LogP contribution in [0.3, 0.4) is 0 Å². The monoisotopic (exact) mass is 418 g/mol. The summed E-state index contributed by atoms with van der Waals surface area (Å²) in [6.45, 7) is 2.08. The third-order valence-electron chi connectivity index (χ3n) is 5.84. The molecular weight excluding hydrogens is 384 g/mol. The summed E-state index contributed by atoms with van der Waals surface area (Å²) in [6, 6.07) is 0.282. The maximum atomic E-state index is 12.7. The molecule has 2 fully saturated rings. The summed E-state index contributed by atoms with van der Waals surface area (Å²) in [4.78, 5) is 38.1. The predicted octanol–water partition coefficient (Wildman–Crippen LogP) is 1.75. The summed E-state index contributed by atoms with van der Waals surface area (Å²) in [7, 11) is 5.34. The molecule has 1 aromatic rings. The van der Waals surface area contributed by atoms with Gasteiger partial charge in [0.2, 0.25) is 5.95 Å². The van der Waals surface area contributed by atoms with Crippen LogP contribution in [-0.2, 0) is 4.74 Å². The second-order valence-electron chi connectivity index (χ2n) is 8.33. The molecule has 3 amide bonds. The zero-order chi connectivity index (χ0) is 21.5. The van der Waals surface area contributed by atoms with Gasteiger partial charge < -0.3 is 25.2 Å². The highest BCUT2D eigenvalue weighted by Gasteiger charge is 2.32. The van der Waals surface area contributed by atoms with Crippen LogP contribution < -0.4 is 15.5 Å². The molecule has 1 aliphatic heterocycles. The SMILES string of the molecule is COCCNC(=O)c1cnc(N(C)C)nc1C1CCN(C(=O)NC2CCCCC2)C1. The third kappa shape index (κ3) is 5.59. The number of amides is 3. The average molecular weight is 419 g/mol. The van der Waals surface area contributed by atoms with Crippen molar-refractivity contribution in [2.75, 3.05) is 52.3 Å². The third-order valence-corrected chi connectivity index (χ3v) is 5.84. The lowest BCUT2D eigenvalue weighted by Gasteiger charge is -2.26. The van der Waals surface area contributed by atoms with Crippen LogP contribution in [0.2, 0.25) is 0 Å². The lowest BCUT2D eigenvalue weighted by Crippen LogP contribution is -2.44. The minimum Gasteiger partial charge on any atom is -0.383 e. The number of carbonyl (C=O) groups is 2. The highest BCUT2D eigenvalue weighted by molar-refractivity contribution is 5.95. The van der Waals surface area contributed by atoms with E-state index in [1.54, 1.807) is 13.3 Å². The van der Waals surface area contributed by atoms with Gasteiger partial charge in [0.15, 0.2) is 0 Å². The summed E-state index contributed by atoms with van der Waals surface area (Å²) < 4.78 is 5.01. The van der Waals surface area contributed by atoms with Crippen LogP contribution in [0, 0.1) is 0 Å². The van der Waals surface area contributed by atoms with E-state index in [2.05, 4.69) is 20.6 Å². The van der Waals surface area contributed by atoms with Gasteiger partial charge in [-0.05, 0) is 19.3 Å². The first-order valence-electron chi connectivity index (χ1n) is 10.9. The Morgan fingerprint density at radius 2 is 2.00 bits per heavy atom. The van der Waals surface area contributed by atoms with Crippen molar-refractivity contribution in [2.24, 2.45) is 0 Å². The largest absolute Gasteiger partial charge is 0.383 e. The number of nitrogens with one attached hydrogen (secondary N) is 2. The van der Waals surface area contributed by atoms with E-state index in [1.807, 2.05) is 23.9 Å². The van der Waals surface area contributed by atoms with Crippen molar-refractivity contribution in [1.82, 2.24) is 25.5 Å². The Labute approximate surface area is 178 Å². The maximum Gasteiger partial charge on any atom is 0.317 e. The number of nitrogens with zero attached hydrogens (tertiary/aromatic N) is 4. The van der Waals surface area contributed by atoms with Gasteiger partial charge in [-0.2, -0.15) is 0 Å². The molecule has 0 aromatic carbocycles. The fourth-order valence-corrected chi connectivity index (χ4v) is 4.13. The van der Waals surface area contributed by atoms with Crippen LogP contribution in [0.25, 0.3) is 0 Å². The summed E-state index contributed by atoms with van der Waals surface area (Å²) in [5.41, 5.74) is 1.17. The molecule has 9 nitrogen and oxygen atoms in total. The molecule has 2 heterocycles. The molecular formula is C21H34N6O3. The van der Waals surface area contributed by atoms with E-state index in [9.17, 15) is 9.59 Å². The summed E-state index contributed by atoms with van der Waals surface area (Å²) in [5, 5.41) is 6.04. The molecule has 1 saturated heterocycles. The van der Waals surface area contributed by atoms with E-state index in [4.69, 9.17) is 4.74 Å². The number of hydrogen-bond acceptors (Lipinski definition) is 6. The standard InChI is InChI=1S/C21H34N6O3/c1-26(2)20-23-13-17(19(28)22-10-12-30-3)18(25-20)15-9-11-27(14-15)21(29)24-16-7-5-4-6-8-16/h13,15-16H,4-12,14H2,1-3H3,(H,22,28)(H,24,29).